The second-order valence-corrected chi connectivity index (χ2v) is 5.38. The van der Waals surface area contributed by atoms with E-state index < -0.39 is 0 Å². The standard InChI is InChI=1S/C17H18N2O2/c1-11(12-3-2-4-15(20)10-12)18-14-6-7-16-13(9-14)5-8-17(21)19-16/h2-4,6-7,9-11,18,20H,5,8H2,1H3,(H,19,21). The zero-order valence-corrected chi connectivity index (χ0v) is 11.9. The maximum Gasteiger partial charge on any atom is 0.224 e. The van der Waals surface area contributed by atoms with E-state index in [9.17, 15) is 9.90 Å². The zero-order chi connectivity index (χ0) is 14.8. The topological polar surface area (TPSA) is 61.4 Å². The minimum absolute atomic E-state index is 0.0799. The molecule has 1 aliphatic heterocycles. The fourth-order valence-corrected chi connectivity index (χ4v) is 2.60. The van der Waals surface area contributed by atoms with E-state index in [0.717, 1.165) is 28.9 Å². The van der Waals surface area contributed by atoms with Gasteiger partial charge in [0, 0.05) is 23.8 Å². The summed E-state index contributed by atoms with van der Waals surface area (Å²) in [6.07, 6.45) is 1.32. The third-order valence-corrected chi connectivity index (χ3v) is 3.75. The number of carbonyl (C=O) groups excluding carboxylic acids is 1. The van der Waals surface area contributed by atoms with Crippen LogP contribution >= 0.6 is 0 Å². The minimum atomic E-state index is 0.0799. The number of carbonyl (C=O) groups is 1. The molecule has 1 atom stereocenters. The number of phenols is 1. The molecule has 1 heterocycles. The van der Waals surface area contributed by atoms with Gasteiger partial charge in [0.15, 0.2) is 0 Å². The Kier molecular flexibility index (Phi) is 3.52. The van der Waals surface area contributed by atoms with Crippen LogP contribution in [0.4, 0.5) is 11.4 Å². The summed E-state index contributed by atoms with van der Waals surface area (Å²) in [4.78, 5) is 11.4. The lowest BCUT2D eigenvalue weighted by molar-refractivity contribution is -0.116. The fraction of sp³-hybridized carbons (Fsp3) is 0.235. The number of aromatic hydroxyl groups is 1. The van der Waals surface area contributed by atoms with E-state index in [1.165, 1.54) is 0 Å². The van der Waals surface area contributed by atoms with Crippen LogP contribution in [0.5, 0.6) is 5.75 Å². The Morgan fingerprint density at radius 3 is 2.86 bits per heavy atom. The lowest BCUT2D eigenvalue weighted by Crippen LogP contribution is -2.19. The molecular formula is C17H18N2O2. The van der Waals surface area contributed by atoms with Gasteiger partial charge in [-0.1, -0.05) is 12.1 Å². The van der Waals surface area contributed by atoms with Gasteiger partial charge in [0.25, 0.3) is 0 Å². The van der Waals surface area contributed by atoms with Gasteiger partial charge in [-0.25, -0.2) is 0 Å². The first-order valence-corrected chi connectivity index (χ1v) is 7.10. The number of hydrogen-bond acceptors (Lipinski definition) is 3. The second-order valence-electron chi connectivity index (χ2n) is 5.38. The van der Waals surface area contributed by atoms with Crippen molar-refractivity contribution in [2.45, 2.75) is 25.8 Å². The number of anilines is 2. The van der Waals surface area contributed by atoms with Gasteiger partial charge in [-0.05, 0) is 54.8 Å². The maximum atomic E-state index is 11.4. The highest BCUT2D eigenvalue weighted by Crippen LogP contribution is 2.28. The normalized spacial score (nSPS) is 15.0. The summed E-state index contributed by atoms with van der Waals surface area (Å²) in [6.45, 7) is 2.05. The molecule has 1 unspecified atom stereocenters. The largest absolute Gasteiger partial charge is 0.508 e. The Morgan fingerprint density at radius 1 is 1.19 bits per heavy atom. The molecule has 2 aromatic carbocycles. The molecule has 0 radical (unpaired) electrons. The van der Waals surface area contributed by atoms with Crippen LogP contribution in [0.3, 0.4) is 0 Å². The van der Waals surface area contributed by atoms with Crippen molar-refractivity contribution in [1.29, 1.82) is 0 Å². The van der Waals surface area contributed by atoms with E-state index in [1.54, 1.807) is 12.1 Å². The highest BCUT2D eigenvalue weighted by Gasteiger charge is 2.15. The van der Waals surface area contributed by atoms with Gasteiger partial charge in [-0.2, -0.15) is 0 Å². The maximum absolute atomic E-state index is 11.4. The Bertz CT molecular complexity index is 682. The lowest BCUT2D eigenvalue weighted by Gasteiger charge is -2.20. The van der Waals surface area contributed by atoms with Crippen LogP contribution in [0.15, 0.2) is 42.5 Å². The quantitative estimate of drug-likeness (QED) is 0.808. The van der Waals surface area contributed by atoms with Crippen molar-refractivity contribution in [2.75, 3.05) is 10.6 Å². The monoisotopic (exact) mass is 282 g/mol. The van der Waals surface area contributed by atoms with Crippen LogP contribution in [0.2, 0.25) is 0 Å². The summed E-state index contributed by atoms with van der Waals surface area (Å²) in [7, 11) is 0. The first-order valence-electron chi connectivity index (χ1n) is 7.10. The molecule has 2 aromatic rings. The summed E-state index contributed by atoms with van der Waals surface area (Å²) >= 11 is 0. The predicted octanol–water partition coefficient (Wildman–Crippen LogP) is 3.45. The molecule has 4 nitrogen and oxygen atoms in total. The van der Waals surface area contributed by atoms with E-state index in [-0.39, 0.29) is 17.7 Å². The summed E-state index contributed by atoms with van der Waals surface area (Å²) in [5, 5.41) is 15.8. The van der Waals surface area contributed by atoms with Crippen molar-refractivity contribution >= 4 is 17.3 Å². The van der Waals surface area contributed by atoms with Crippen molar-refractivity contribution in [3.05, 3.63) is 53.6 Å². The number of nitrogens with one attached hydrogen (secondary N) is 2. The molecule has 0 bridgehead atoms. The van der Waals surface area contributed by atoms with Crippen molar-refractivity contribution in [3.63, 3.8) is 0 Å². The zero-order valence-electron chi connectivity index (χ0n) is 11.9. The highest BCUT2D eigenvalue weighted by molar-refractivity contribution is 5.94. The predicted molar refractivity (Wildman–Crippen MR) is 83.5 cm³/mol. The van der Waals surface area contributed by atoms with Gasteiger partial charge in [-0.3, -0.25) is 4.79 Å². The Hall–Kier alpha value is -2.49. The average Bonchev–Trinajstić information content (AvgIpc) is 2.47. The Morgan fingerprint density at radius 2 is 2.05 bits per heavy atom. The van der Waals surface area contributed by atoms with Crippen LogP contribution in [0.1, 0.15) is 30.5 Å². The molecule has 3 N–H and O–H groups in total. The SMILES string of the molecule is CC(Nc1ccc2c(c1)CCC(=O)N2)c1cccc(O)c1. The van der Waals surface area contributed by atoms with Gasteiger partial charge in [0.1, 0.15) is 5.75 Å². The number of phenolic OH excluding ortho intramolecular Hbond substituents is 1. The number of benzene rings is 2. The van der Waals surface area contributed by atoms with Gasteiger partial charge in [0.2, 0.25) is 5.91 Å². The molecular weight excluding hydrogens is 264 g/mol. The minimum Gasteiger partial charge on any atom is -0.508 e. The molecule has 0 aliphatic carbocycles. The molecule has 3 rings (SSSR count). The molecule has 0 saturated heterocycles. The molecule has 0 saturated carbocycles. The molecule has 0 aromatic heterocycles. The van der Waals surface area contributed by atoms with Gasteiger partial charge >= 0.3 is 0 Å². The summed E-state index contributed by atoms with van der Waals surface area (Å²) in [6, 6.07) is 13.3. The van der Waals surface area contributed by atoms with Gasteiger partial charge < -0.3 is 15.7 Å². The Balaban J connectivity index is 1.77. The number of fused-ring (bicyclic) bond motifs is 1. The summed E-state index contributed by atoms with van der Waals surface area (Å²) < 4.78 is 0. The van der Waals surface area contributed by atoms with Gasteiger partial charge in [-0.15, -0.1) is 0 Å². The van der Waals surface area contributed by atoms with E-state index in [2.05, 4.69) is 23.6 Å². The van der Waals surface area contributed by atoms with Crippen LogP contribution in [-0.4, -0.2) is 11.0 Å². The molecule has 0 fully saturated rings. The van der Waals surface area contributed by atoms with Crippen LogP contribution in [-0.2, 0) is 11.2 Å². The average molecular weight is 282 g/mol. The highest BCUT2D eigenvalue weighted by atomic mass is 16.3. The van der Waals surface area contributed by atoms with Crippen LogP contribution < -0.4 is 10.6 Å². The van der Waals surface area contributed by atoms with Crippen molar-refractivity contribution in [1.82, 2.24) is 0 Å². The number of amides is 1. The first kappa shape index (κ1) is 13.5. The molecule has 21 heavy (non-hydrogen) atoms. The van der Waals surface area contributed by atoms with E-state index in [0.29, 0.717) is 6.42 Å². The molecule has 0 spiro atoms. The summed E-state index contributed by atoms with van der Waals surface area (Å²) in [5.74, 6) is 0.352. The molecule has 4 heteroatoms. The second kappa shape index (κ2) is 5.48. The molecule has 1 aliphatic rings. The van der Waals surface area contributed by atoms with Crippen LogP contribution in [0.25, 0.3) is 0 Å². The smallest absolute Gasteiger partial charge is 0.224 e. The third-order valence-electron chi connectivity index (χ3n) is 3.75. The number of aryl methyl sites for hydroxylation is 1. The van der Waals surface area contributed by atoms with Crippen molar-refractivity contribution < 1.29 is 9.90 Å². The molecule has 1 amide bonds. The lowest BCUT2D eigenvalue weighted by atomic mass is 10.0. The first-order chi connectivity index (χ1) is 10.1. The number of rotatable bonds is 3. The van der Waals surface area contributed by atoms with E-state index in [4.69, 9.17) is 0 Å². The molecule has 108 valence electrons. The van der Waals surface area contributed by atoms with E-state index >= 15 is 0 Å². The summed E-state index contributed by atoms with van der Waals surface area (Å²) in [5.41, 5.74) is 4.10. The van der Waals surface area contributed by atoms with E-state index in [1.807, 2.05) is 24.3 Å². The fourth-order valence-electron chi connectivity index (χ4n) is 2.60. The van der Waals surface area contributed by atoms with Gasteiger partial charge in [0.05, 0.1) is 0 Å². The third kappa shape index (κ3) is 2.99. The van der Waals surface area contributed by atoms with Crippen LogP contribution in [0, 0.1) is 0 Å². The van der Waals surface area contributed by atoms with Crippen molar-refractivity contribution in [3.8, 4) is 5.75 Å². The van der Waals surface area contributed by atoms with Crippen molar-refractivity contribution in [2.24, 2.45) is 0 Å². The Labute approximate surface area is 123 Å². The number of hydrogen-bond donors (Lipinski definition) is 3.